The zero-order valence-corrected chi connectivity index (χ0v) is 14.6. The molecule has 4 rings (SSSR count). The van der Waals surface area contributed by atoms with E-state index in [4.69, 9.17) is 16.1 Å². The summed E-state index contributed by atoms with van der Waals surface area (Å²) in [6, 6.07) is 9.66. The molecule has 3 aromatic heterocycles. The highest BCUT2D eigenvalue weighted by atomic mass is 35.5. The largest absolute Gasteiger partial charge is 0.338 e. The maximum absolute atomic E-state index is 12.3. The van der Waals surface area contributed by atoms with Gasteiger partial charge in [-0.2, -0.15) is 8.94 Å². The van der Waals surface area contributed by atoms with Gasteiger partial charge in [-0.1, -0.05) is 16.8 Å². The highest BCUT2D eigenvalue weighted by molar-refractivity contribution is 7.14. The lowest BCUT2D eigenvalue weighted by molar-refractivity contribution is 0.241. The van der Waals surface area contributed by atoms with Gasteiger partial charge in [-0.3, -0.25) is 4.79 Å². The molecule has 130 valence electrons. The van der Waals surface area contributed by atoms with Crippen LogP contribution < -0.4 is 10.9 Å². The number of carbonyl (C=O) groups excluding carboxylic acids is 1. The van der Waals surface area contributed by atoms with Crippen LogP contribution in [0.15, 0.2) is 51.9 Å². The summed E-state index contributed by atoms with van der Waals surface area (Å²) in [5, 5.41) is 7.45. The average Bonchev–Trinajstić information content (AvgIpc) is 3.26. The van der Waals surface area contributed by atoms with Gasteiger partial charge in [-0.25, -0.2) is 9.78 Å². The van der Waals surface area contributed by atoms with Gasteiger partial charge in [0.15, 0.2) is 0 Å². The number of hydrogen-bond acceptors (Lipinski definition) is 7. The van der Waals surface area contributed by atoms with E-state index in [0.717, 1.165) is 21.1 Å². The summed E-state index contributed by atoms with van der Waals surface area (Å²) in [4.78, 5) is 33.2. The molecule has 8 nitrogen and oxygen atoms in total. The lowest BCUT2D eigenvalue weighted by atomic mass is 10.2. The quantitative estimate of drug-likeness (QED) is 0.579. The third kappa shape index (κ3) is 3.09. The van der Waals surface area contributed by atoms with Crippen LogP contribution in [0.3, 0.4) is 0 Å². The summed E-state index contributed by atoms with van der Waals surface area (Å²) in [5.74, 6) is 0.602. The van der Waals surface area contributed by atoms with Crippen molar-refractivity contribution in [3.8, 4) is 11.4 Å². The molecule has 0 unspecified atom stereocenters. The molecule has 0 saturated heterocycles. The topological polar surface area (TPSA) is 103 Å². The van der Waals surface area contributed by atoms with Gasteiger partial charge >= 0.3 is 6.03 Å². The molecule has 0 bridgehead atoms. The molecule has 4 aromatic rings. The van der Waals surface area contributed by atoms with Crippen LogP contribution in [0, 0.1) is 0 Å². The number of halogens is 1. The van der Waals surface area contributed by atoms with Gasteiger partial charge in [0.1, 0.15) is 4.83 Å². The Bertz CT molecular complexity index is 1150. The summed E-state index contributed by atoms with van der Waals surface area (Å²) in [7, 11) is 0. The molecule has 26 heavy (non-hydrogen) atoms. The van der Waals surface area contributed by atoms with Crippen LogP contribution in [-0.4, -0.2) is 25.1 Å². The molecular weight excluding hydrogens is 378 g/mol. The average molecular weight is 388 g/mol. The van der Waals surface area contributed by atoms with Crippen molar-refractivity contribution in [2.24, 2.45) is 0 Å². The van der Waals surface area contributed by atoms with Crippen molar-refractivity contribution in [2.45, 2.75) is 6.54 Å². The molecule has 1 amide bonds. The highest BCUT2D eigenvalue weighted by Gasteiger charge is 2.15. The van der Waals surface area contributed by atoms with Gasteiger partial charge < -0.3 is 9.84 Å². The Hall–Kier alpha value is -3.04. The summed E-state index contributed by atoms with van der Waals surface area (Å²) in [5.41, 5.74) is 0.325. The van der Waals surface area contributed by atoms with Crippen molar-refractivity contribution in [3.63, 3.8) is 0 Å². The first kappa shape index (κ1) is 16.4. The summed E-state index contributed by atoms with van der Waals surface area (Å²) in [6.45, 7) is -0.00641. The van der Waals surface area contributed by atoms with E-state index in [-0.39, 0.29) is 12.4 Å². The molecule has 0 aliphatic carbocycles. The van der Waals surface area contributed by atoms with Crippen molar-refractivity contribution in [1.82, 2.24) is 24.4 Å². The van der Waals surface area contributed by atoms with Crippen molar-refractivity contribution in [1.29, 1.82) is 0 Å². The van der Waals surface area contributed by atoms with Gasteiger partial charge in [-0.05, 0) is 47.9 Å². The van der Waals surface area contributed by atoms with Crippen molar-refractivity contribution < 1.29 is 9.32 Å². The summed E-state index contributed by atoms with van der Waals surface area (Å²) in [6.07, 6.45) is 1.57. The fourth-order valence-corrected chi connectivity index (χ4v) is 3.25. The van der Waals surface area contributed by atoms with Crippen LogP contribution in [0.25, 0.3) is 21.6 Å². The Morgan fingerprint density at radius 3 is 2.85 bits per heavy atom. The fraction of sp³-hybridized carbons (Fsp3) is 0.0625. The second kappa shape index (κ2) is 6.70. The van der Waals surface area contributed by atoms with Crippen molar-refractivity contribution in [2.75, 3.05) is 0 Å². The minimum Gasteiger partial charge on any atom is -0.337 e. The number of nitrogens with zero attached hydrogens (tertiary/aromatic N) is 4. The van der Waals surface area contributed by atoms with E-state index in [9.17, 15) is 9.59 Å². The van der Waals surface area contributed by atoms with E-state index in [1.54, 1.807) is 42.6 Å². The van der Waals surface area contributed by atoms with Gasteiger partial charge in [0, 0.05) is 16.8 Å². The zero-order valence-electron chi connectivity index (χ0n) is 13.0. The smallest absolute Gasteiger partial charge is 0.337 e. The first-order chi connectivity index (χ1) is 12.6. The lowest BCUT2D eigenvalue weighted by Crippen LogP contribution is -2.32. The van der Waals surface area contributed by atoms with Gasteiger partial charge in [0.25, 0.3) is 5.56 Å². The minimum absolute atomic E-state index is 0.00641. The van der Waals surface area contributed by atoms with E-state index >= 15 is 0 Å². The van der Waals surface area contributed by atoms with Crippen LogP contribution in [0.1, 0.15) is 5.89 Å². The first-order valence-corrected chi connectivity index (χ1v) is 8.61. The Labute approximate surface area is 155 Å². The first-order valence-electron chi connectivity index (χ1n) is 7.45. The number of nitrogens with one attached hydrogen (secondary N) is 1. The second-order valence-electron chi connectivity index (χ2n) is 5.22. The van der Waals surface area contributed by atoms with Crippen LogP contribution in [0.5, 0.6) is 0 Å². The molecule has 3 heterocycles. The van der Waals surface area contributed by atoms with E-state index in [1.165, 1.54) is 0 Å². The summed E-state index contributed by atoms with van der Waals surface area (Å²) >= 11 is 6.82. The predicted octanol–water partition coefficient (Wildman–Crippen LogP) is 2.92. The molecule has 1 aromatic carbocycles. The number of carbonyl (C=O) groups is 1. The number of fused-ring (bicyclic) bond motifs is 1. The van der Waals surface area contributed by atoms with E-state index in [2.05, 4.69) is 20.4 Å². The summed E-state index contributed by atoms with van der Waals surface area (Å²) < 4.78 is 6.13. The number of rotatable bonds is 3. The van der Waals surface area contributed by atoms with Crippen molar-refractivity contribution in [3.05, 3.63) is 63.9 Å². The number of hydrogen-bond donors (Lipinski definition) is 1. The predicted molar refractivity (Wildman–Crippen MR) is 96.3 cm³/mol. The zero-order chi connectivity index (χ0) is 18.1. The highest BCUT2D eigenvalue weighted by Crippen LogP contribution is 2.18. The molecular formula is C16H10ClN5O3S. The van der Waals surface area contributed by atoms with Crippen molar-refractivity contribution >= 4 is 39.4 Å². The molecule has 0 aliphatic rings. The molecule has 0 spiro atoms. The fourth-order valence-electron chi connectivity index (χ4n) is 2.26. The van der Waals surface area contributed by atoms with E-state index in [1.807, 2.05) is 0 Å². The standard InChI is InChI=1S/C16H10ClN5O3S/c17-10-5-3-9(4-6-10)13-20-12(25-21-13)8-19-16(24)22-15(23)11-2-1-7-18-14(11)26-22/h1-7H,8H2,(H,19,24). The minimum atomic E-state index is -0.579. The number of benzene rings is 1. The van der Waals surface area contributed by atoms with Crippen LogP contribution in [-0.2, 0) is 6.54 Å². The third-order valence-electron chi connectivity index (χ3n) is 3.51. The number of pyridine rings is 1. The number of aromatic nitrogens is 4. The Balaban J connectivity index is 1.48. The van der Waals surface area contributed by atoms with Gasteiger partial charge in [-0.15, -0.1) is 0 Å². The SMILES string of the molecule is O=C(NCc1nc(-c2ccc(Cl)cc2)no1)n1sc2ncccc2c1=O. The Morgan fingerprint density at radius 1 is 1.27 bits per heavy atom. The Morgan fingerprint density at radius 2 is 2.08 bits per heavy atom. The second-order valence-corrected chi connectivity index (χ2v) is 6.60. The molecule has 10 heteroatoms. The number of amides is 1. The maximum atomic E-state index is 12.3. The van der Waals surface area contributed by atoms with E-state index < -0.39 is 11.6 Å². The Kier molecular flexibility index (Phi) is 4.23. The maximum Gasteiger partial charge on any atom is 0.338 e. The lowest BCUT2D eigenvalue weighted by Gasteiger charge is -2.00. The molecule has 0 saturated carbocycles. The molecule has 0 aliphatic heterocycles. The van der Waals surface area contributed by atoms with Crippen LogP contribution in [0.4, 0.5) is 4.79 Å². The molecule has 0 fully saturated rings. The third-order valence-corrected chi connectivity index (χ3v) is 4.77. The normalized spacial score (nSPS) is 11.0. The van der Waals surface area contributed by atoms with E-state index in [0.29, 0.717) is 21.1 Å². The van der Waals surface area contributed by atoms with Crippen LogP contribution >= 0.6 is 23.1 Å². The molecule has 1 N–H and O–H groups in total. The van der Waals surface area contributed by atoms with Gasteiger partial charge in [0.2, 0.25) is 11.7 Å². The monoisotopic (exact) mass is 387 g/mol. The molecule has 0 radical (unpaired) electrons. The van der Waals surface area contributed by atoms with Gasteiger partial charge in [0.05, 0.1) is 11.9 Å². The van der Waals surface area contributed by atoms with Crippen LogP contribution in [0.2, 0.25) is 5.02 Å². The molecule has 0 atom stereocenters.